The molecule has 3 aromatic rings. The van der Waals surface area contributed by atoms with Crippen LogP contribution in [0.5, 0.6) is 0 Å². The number of imidazole rings is 1. The quantitative estimate of drug-likeness (QED) is 0.406. The molecule has 0 N–H and O–H groups in total. The zero-order valence-electron chi connectivity index (χ0n) is 16.5. The Morgan fingerprint density at radius 2 is 1.97 bits per heavy atom. The maximum atomic E-state index is 6.51. The van der Waals surface area contributed by atoms with Gasteiger partial charge in [0.05, 0.1) is 25.6 Å². The number of aryl methyl sites for hydroxylation is 2. The molecule has 2 atom stereocenters. The Morgan fingerprint density at radius 1 is 1.17 bits per heavy atom. The number of halogens is 1. The predicted octanol–water partition coefficient (Wildman–Crippen LogP) is 5.49. The van der Waals surface area contributed by atoms with E-state index < -0.39 is 5.79 Å². The molecule has 1 aliphatic rings. The average molecular weight is 473 g/mol. The smallest absolute Gasteiger partial charge is 0.187 e. The molecule has 4 nitrogen and oxygen atoms in total. The molecule has 1 aliphatic heterocycles. The summed E-state index contributed by atoms with van der Waals surface area (Å²) in [6.45, 7) is 3.38. The highest BCUT2D eigenvalue weighted by Crippen LogP contribution is 2.33. The zero-order chi connectivity index (χ0) is 20.1. The molecule has 2 heterocycles. The van der Waals surface area contributed by atoms with Gasteiger partial charge in [-0.15, -0.1) is 11.8 Å². The highest BCUT2D eigenvalue weighted by Gasteiger charge is 2.41. The third kappa shape index (κ3) is 5.72. The zero-order valence-corrected chi connectivity index (χ0v) is 18.9. The molecule has 1 saturated heterocycles. The molecule has 2 aromatic carbocycles. The molecule has 0 saturated carbocycles. The second-order valence-corrected chi connectivity index (χ2v) is 9.46. The van der Waals surface area contributed by atoms with Gasteiger partial charge in [0, 0.05) is 33.9 Å². The SMILES string of the molecule is Cc1ccc(CCC2(Cn3ccnc3)OCC(CSc3ccc(Br)cc3)O2)cc1. The van der Waals surface area contributed by atoms with Crippen LogP contribution in [-0.2, 0) is 22.4 Å². The van der Waals surface area contributed by atoms with Gasteiger partial charge in [-0.3, -0.25) is 0 Å². The minimum Gasteiger partial charge on any atom is -0.345 e. The van der Waals surface area contributed by atoms with Crippen molar-refractivity contribution in [2.45, 2.75) is 43.1 Å². The van der Waals surface area contributed by atoms with Crippen molar-refractivity contribution < 1.29 is 9.47 Å². The standard InChI is InChI=1S/C23H25BrN2O2S/c1-18-2-4-19(5-3-18)10-11-23(16-26-13-12-25-17-26)27-14-21(28-23)15-29-22-8-6-20(24)7-9-22/h2-9,12-13,17,21H,10-11,14-16H2,1H3. The van der Waals surface area contributed by atoms with Crippen LogP contribution >= 0.6 is 27.7 Å². The molecular weight excluding hydrogens is 448 g/mol. The molecule has 2 unspecified atom stereocenters. The largest absolute Gasteiger partial charge is 0.345 e. The molecule has 1 fully saturated rings. The van der Waals surface area contributed by atoms with Crippen molar-refractivity contribution >= 4 is 27.7 Å². The summed E-state index contributed by atoms with van der Waals surface area (Å²) in [5.74, 6) is 0.258. The monoisotopic (exact) mass is 472 g/mol. The summed E-state index contributed by atoms with van der Waals surface area (Å²) in [5, 5.41) is 0. The van der Waals surface area contributed by atoms with E-state index in [1.165, 1.54) is 16.0 Å². The van der Waals surface area contributed by atoms with Crippen LogP contribution in [0.25, 0.3) is 0 Å². The molecule has 1 aromatic heterocycles. The van der Waals surface area contributed by atoms with Gasteiger partial charge in [-0.05, 0) is 43.2 Å². The van der Waals surface area contributed by atoms with Gasteiger partial charge >= 0.3 is 0 Å². The molecular formula is C23H25BrN2O2S. The number of nitrogens with zero attached hydrogens (tertiary/aromatic N) is 2. The van der Waals surface area contributed by atoms with Crippen molar-refractivity contribution in [2.24, 2.45) is 0 Å². The number of ether oxygens (including phenoxy) is 2. The normalized spacial score (nSPS) is 21.5. The van der Waals surface area contributed by atoms with E-state index in [1.807, 2.05) is 17.1 Å². The van der Waals surface area contributed by atoms with Gasteiger partial charge in [-0.1, -0.05) is 45.8 Å². The lowest BCUT2D eigenvalue weighted by Gasteiger charge is -2.28. The van der Waals surface area contributed by atoms with Gasteiger partial charge in [0.15, 0.2) is 5.79 Å². The van der Waals surface area contributed by atoms with E-state index in [0.717, 1.165) is 23.1 Å². The van der Waals surface area contributed by atoms with Crippen LogP contribution in [0.3, 0.4) is 0 Å². The van der Waals surface area contributed by atoms with Gasteiger partial charge in [0.2, 0.25) is 0 Å². The van der Waals surface area contributed by atoms with Crippen molar-refractivity contribution in [3.05, 3.63) is 82.9 Å². The summed E-state index contributed by atoms with van der Waals surface area (Å²) in [4.78, 5) is 5.41. The third-order valence-electron chi connectivity index (χ3n) is 5.06. The summed E-state index contributed by atoms with van der Waals surface area (Å²) in [7, 11) is 0. The topological polar surface area (TPSA) is 36.3 Å². The Morgan fingerprint density at radius 3 is 2.69 bits per heavy atom. The second-order valence-electron chi connectivity index (χ2n) is 7.45. The first-order valence-electron chi connectivity index (χ1n) is 9.82. The molecule has 0 bridgehead atoms. The van der Waals surface area contributed by atoms with E-state index in [9.17, 15) is 0 Å². The molecule has 0 spiro atoms. The van der Waals surface area contributed by atoms with Gasteiger partial charge in [0.1, 0.15) is 0 Å². The summed E-state index contributed by atoms with van der Waals surface area (Å²) in [6.07, 6.45) is 7.39. The lowest BCUT2D eigenvalue weighted by molar-refractivity contribution is -0.180. The fraction of sp³-hybridized carbons (Fsp3) is 0.348. The van der Waals surface area contributed by atoms with Crippen LogP contribution < -0.4 is 0 Å². The fourth-order valence-electron chi connectivity index (χ4n) is 3.46. The van der Waals surface area contributed by atoms with E-state index in [4.69, 9.17) is 9.47 Å². The van der Waals surface area contributed by atoms with Gasteiger partial charge < -0.3 is 14.0 Å². The van der Waals surface area contributed by atoms with Crippen LogP contribution in [0.15, 0.2) is 76.6 Å². The number of rotatable bonds is 8. The fourth-order valence-corrected chi connectivity index (χ4v) is 4.60. The van der Waals surface area contributed by atoms with E-state index in [1.54, 1.807) is 18.0 Å². The maximum Gasteiger partial charge on any atom is 0.187 e. The molecule has 152 valence electrons. The highest BCUT2D eigenvalue weighted by atomic mass is 79.9. The predicted molar refractivity (Wildman–Crippen MR) is 120 cm³/mol. The summed E-state index contributed by atoms with van der Waals surface area (Å²) >= 11 is 5.29. The highest BCUT2D eigenvalue weighted by molar-refractivity contribution is 9.10. The van der Waals surface area contributed by atoms with Gasteiger partial charge in [-0.2, -0.15) is 0 Å². The number of aromatic nitrogens is 2. The Balaban J connectivity index is 1.40. The van der Waals surface area contributed by atoms with E-state index in [2.05, 4.69) is 76.4 Å². The van der Waals surface area contributed by atoms with E-state index >= 15 is 0 Å². The summed E-state index contributed by atoms with van der Waals surface area (Å²) in [5.41, 5.74) is 2.58. The number of hydrogen-bond donors (Lipinski definition) is 0. The van der Waals surface area contributed by atoms with E-state index in [-0.39, 0.29) is 6.10 Å². The van der Waals surface area contributed by atoms with Crippen LogP contribution in [0.1, 0.15) is 17.5 Å². The number of thioether (sulfide) groups is 1. The minimum atomic E-state index is -0.615. The van der Waals surface area contributed by atoms with Crippen LogP contribution in [0.2, 0.25) is 0 Å². The summed E-state index contributed by atoms with van der Waals surface area (Å²) < 4.78 is 15.9. The Kier molecular flexibility index (Phi) is 6.75. The Bertz CT molecular complexity index is 900. The molecule has 0 amide bonds. The molecule has 0 radical (unpaired) electrons. The lowest BCUT2D eigenvalue weighted by Crippen LogP contribution is -2.37. The van der Waals surface area contributed by atoms with Crippen molar-refractivity contribution in [1.82, 2.24) is 9.55 Å². The molecule has 0 aliphatic carbocycles. The van der Waals surface area contributed by atoms with Crippen molar-refractivity contribution in [1.29, 1.82) is 0 Å². The molecule has 6 heteroatoms. The first kappa shape index (κ1) is 20.7. The Hall–Kier alpha value is -1.60. The van der Waals surface area contributed by atoms with E-state index in [0.29, 0.717) is 13.2 Å². The number of hydrogen-bond acceptors (Lipinski definition) is 4. The van der Waals surface area contributed by atoms with Gasteiger partial charge in [0.25, 0.3) is 0 Å². The molecule has 4 rings (SSSR count). The summed E-state index contributed by atoms with van der Waals surface area (Å²) in [6, 6.07) is 17.1. The maximum absolute atomic E-state index is 6.51. The second kappa shape index (κ2) is 9.47. The van der Waals surface area contributed by atoms with Gasteiger partial charge in [-0.25, -0.2) is 4.98 Å². The first-order chi connectivity index (χ1) is 14.1. The lowest BCUT2D eigenvalue weighted by atomic mass is 10.0. The van der Waals surface area contributed by atoms with Crippen LogP contribution in [0, 0.1) is 6.92 Å². The van der Waals surface area contributed by atoms with Crippen molar-refractivity contribution in [3.8, 4) is 0 Å². The molecule has 29 heavy (non-hydrogen) atoms. The van der Waals surface area contributed by atoms with Crippen molar-refractivity contribution in [2.75, 3.05) is 12.4 Å². The third-order valence-corrected chi connectivity index (χ3v) is 6.73. The Labute approximate surface area is 184 Å². The minimum absolute atomic E-state index is 0.0742. The van der Waals surface area contributed by atoms with Crippen molar-refractivity contribution in [3.63, 3.8) is 0 Å². The number of benzene rings is 2. The first-order valence-corrected chi connectivity index (χ1v) is 11.6. The average Bonchev–Trinajstić information content (AvgIpc) is 3.38. The van der Waals surface area contributed by atoms with Crippen LogP contribution in [0.4, 0.5) is 0 Å². The van der Waals surface area contributed by atoms with Crippen LogP contribution in [-0.4, -0.2) is 33.8 Å².